The molecular formula is C16H22FNO. The van der Waals surface area contributed by atoms with Gasteiger partial charge in [-0.25, -0.2) is 4.39 Å². The first-order valence-electron chi connectivity index (χ1n) is 7.30. The first-order valence-corrected chi connectivity index (χ1v) is 7.30. The molecule has 2 unspecified atom stereocenters. The van der Waals surface area contributed by atoms with Crippen LogP contribution in [0.3, 0.4) is 0 Å². The summed E-state index contributed by atoms with van der Waals surface area (Å²) in [5.74, 6) is 0.872. The number of hydrogen-bond acceptors (Lipinski definition) is 2. The third-order valence-electron chi connectivity index (χ3n) is 4.66. The van der Waals surface area contributed by atoms with Gasteiger partial charge in [0.1, 0.15) is 11.9 Å². The van der Waals surface area contributed by atoms with Crippen molar-refractivity contribution in [2.24, 2.45) is 0 Å². The lowest BCUT2D eigenvalue weighted by atomic mass is 9.97. The molecule has 2 nitrogen and oxygen atoms in total. The molecule has 2 aliphatic rings. The monoisotopic (exact) mass is 263 g/mol. The van der Waals surface area contributed by atoms with E-state index in [1.807, 2.05) is 24.3 Å². The van der Waals surface area contributed by atoms with E-state index < -0.39 is 6.17 Å². The van der Waals surface area contributed by atoms with Crippen LogP contribution in [0, 0.1) is 0 Å². The smallest absolute Gasteiger partial charge is 0.121 e. The Morgan fingerprint density at radius 1 is 1.11 bits per heavy atom. The second-order valence-corrected chi connectivity index (χ2v) is 5.79. The van der Waals surface area contributed by atoms with E-state index in [1.165, 1.54) is 25.7 Å². The van der Waals surface area contributed by atoms with Crippen LogP contribution in [-0.2, 0) is 0 Å². The molecule has 0 amide bonds. The van der Waals surface area contributed by atoms with Crippen LogP contribution in [0.5, 0.6) is 5.75 Å². The van der Waals surface area contributed by atoms with Crippen molar-refractivity contribution in [1.29, 1.82) is 0 Å². The fourth-order valence-electron chi connectivity index (χ4n) is 3.53. The predicted octanol–water partition coefficient (Wildman–Crippen LogP) is 3.38. The average Bonchev–Trinajstić information content (AvgIpc) is 3.08. The van der Waals surface area contributed by atoms with E-state index in [9.17, 15) is 4.39 Å². The highest BCUT2D eigenvalue weighted by Gasteiger charge is 2.37. The van der Waals surface area contributed by atoms with Gasteiger partial charge in [-0.2, -0.15) is 0 Å². The predicted molar refractivity (Wildman–Crippen MR) is 74.5 cm³/mol. The summed E-state index contributed by atoms with van der Waals surface area (Å²) in [5, 5.41) is 0. The number of methoxy groups -OCH3 is 1. The van der Waals surface area contributed by atoms with Gasteiger partial charge in [-0.05, 0) is 30.5 Å². The molecule has 2 atom stereocenters. The Morgan fingerprint density at radius 2 is 1.79 bits per heavy atom. The van der Waals surface area contributed by atoms with Gasteiger partial charge < -0.3 is 4.74 Å². The molecular weight excluding hydrogens is 241 g/mol. The Kier molecular flexibility index (Phi) is 3.74. The fourth-order valence-corrected chi connectivity index (χ4v) is 3.53. The van der Waals surface area contributed by atoms with Crippen molar-refractivity contribution in [1.82, 2.24) is 4.90 Å². The summed E-state index contributed by atoms with van der Waals surface area (Å²) in [6, 6.07) is 8.50. The summed E-state index contributed by atoms with van der Waals surface area (Å²) in [4.78, 5) is 2.37. The van der Waals surface area contributed by atoms with E-state index in [2.05, 4.69) is 4.90 Å². The largest absolute Gasteiger partial charge is 0.497 e. The van der Waals surface area contributed by atoms with Crippen molar-refractivity contribution in [3.8, 4) is 5.75 Å². The summed E-state index contributed by atoms with van der Waals surface area (Å²) < 4.78 is 19.4. The molecule has 19 heavy (non-hydrogen) atoms. The van der Waals surface area contributed by atoms with E-state index in [0.717, 1.165) is 17.9 Å². The highest BCUT2D eigenvalue weighted by molar-refractivity contribution is 5.31. The van der Waals surface area contributed by atoms with Crippen LogP contribution in [0.1, 0.15) is 37.2 Å². The molecule has 2 fully saturated rings. The van der Waals surface area contributed by atoms with Crippen LogP contribution in [0.25, 0.3) is 0 Å². The number of hydrogen-bond donors (Lipinski definition) is 0. The van der Waals surface area contributed by atoms with Crippen LogP contribution in [0.15, 0.2) is 24.3 Å². The standard InChI is InChI=1S/C16H22FNO/c1-19-14-8-6-12(7-9-14)15-10-18(11-16(15)17)13-4-2-3-5-13/h6-9,13,15-16H,2-5,10-11H2,1H3. The third kappa shape index (κ3) is 2.62. The Hall–Kier alpha value is -1.09. The Bertz CT molecular complexity index is 413. The zero-order chi connectivity index (χ0) is 13.2. The van der Waals surface area contributed by atoms with Gasteiger partial charge in [0.15, 0.2) is 0 Å². The Balaban J connectivity index is 1.70. The summed E-state index contributed by atoms with van der Waals surface area (Å²) in [6.45, 7) is 1.49. The third-order valence-corrected chi connectivity index (χ3v) is 4.66. The van der Waals surface area contributed by atoms with E-state index >= 15 is 0 Å². The number of ether oxygens (including phenoxy) is 1. The van der Waals surface area contributed by atoms with Crippen molar-refractivity contribution >= 4 is 0 Å². The molecule has 1 aromatic rings. The van der Waals surface area contributed by atoms with Gasteiger partial charge in [-0.3, -0.25) is 4.90 Å². The Morgan fingerprint density at radius 3 is 2.42 bits per heavy atom. The summed E-state index contributed by atoms with van der Waals surface area (Å²) in [7, 11) is 1.66. The van der Waals surface area contributed by atoms with Gasteiger partial charge >= 0.3 is 0 Å². The van der Waals surface area contributed by atoms with Gasteiger partial charge in [0.25, 0.3) is 0 Å². The highest BCUT2D eigenvalue weighted by Crippen LogP contribution is 2.35. The fraction of sp³-hybridized carbons (Fsp3) is 0.625. The van der Waals surface area contributed by atoms with Crippen LogP contribution in [0.4, 0.5) is 4.39 Å². The lowest BCUT2D eigenvalue weighted by Crippen LogP contribution is -2.31. The average molecular weight is 263 g/mol. The molecule has 0 aromatic heterocycles. The minimum atomic E-state index is -0.728. The number of halogens is 1. The van der Waals surface area contributed by atoms with Gasteiger partial charge in [0.05, 0.1) is 7.11 Å². The molecule has 0 spiro atoms. The second-order valence-electron chi connectivity index (χ2n) is 5.79. The summed E-state index contributed by atoms with van der Waals surface area (Å²) >= 11 is 0. The highest BCUT2D eigenvalue weighted by atomic mass is 19.1. The quantitative estimate of drug-likeness (QED) is 0.829. The number of likely N-dealkylation sites (tertiary alicyclic amines) is 1. The second kappa shape index (κ2) is 5.49. The SMILES string of the molecule is COc1ccc(C2CN(C3CCCC3)CC2F)cc1. The molecule has 1 aliphatic carbocycles. The molecule has 0 bridgehead atoms. The number of benzene rings is 1. The number of nitrogens with zero attached hydrogens (tertiary/aromatic N) is 1. The van der Waals surface area contributed by atoms with Crippen molar-refractivity contribution < 1.29 is 9.13 Å². The van der Waals surface area contributed by atoms with Crippen LogP contribution in [0.2, 0.25) is 0 Å². The van der Waals surface area contributed by atoms with Crippen LogP contribution in [-0.4, -0.2) is 37.3 Å². The van der Waals surface area contributed by atoms with Crippen molar-refractivity contribution in [3.05, 3.63) is 29.8 Å². The molecule has 3 rings (SSSR count). The van der Waals surface area contributed by atoms with Gasteiger partial charge in [-0.15, -0.1) is 0 Å². The molecule has 1 saturated heterocycles. The van der Waals surface area contributed by atoms with Gasteiger partial charge in [0, 0.05) is 25.0 Å². The minimum absolute atomic E-state index is 0.0338. The molecule has 1 saturated carbocycles. The van der Waals surface area contributed by atoms with Crippen molar-refractivity contribution in [2.45, 2.75) is 43.8 Å². The zero-order valence-electron chi connectivity index (χ0n) is 11.5. The van der Waals surface area contributed by atoms with E-state index in [4.69, 9.17) is 4.74 Å². The molecule has 3 heteroatoms. The maximum absolute atomic E-state index is 14.3. The van der Waals surface area contributed by atoms with E-state index in [0.29, 0.717) is 12.6 Å². The van der Waals surface area contributed by atoms with E-state index in [-0.39, 0.29) is 5.92 Å². The summed E-state index contributed by atoms with van der Waals surface area (Å²) in [5.41, 5.74) is 1.11. The van der Waals surface area contributed by atoms with Crippen LogP contribution >= 0.6 is 0 Å². The molecule has 1 aliphatic heterocycles. The molecule has 0 N–H and O–H groups in total. The molecule has 1 aromatic carbocycles. The summed E-state index contributed by atoms with van der Waals surface area (Å²) in [6.07, 6.45) is 4.40. The Labute approximate surface area is 114 Å². The number of alkyl halides is 1. The number of rotatable bonds is 3. The molecule has 1 heterocycles. The van der Waals surface area contributed by atoms with Crippen LogP contribution < -0.4 is 4.74 Å². The first-order chi connectivity index (χ1) is 9.28. The lowest BCUT2D eigenvalue weighted by Gasteiger charge is -2.23. The van der Waals surface area contributed by atoms with Crippen molar-refractivity contribution in [2.75, 3.05) is 20.2 Å². The maximum atomic E-state index is 14.3. The topological polar surface area (TPSA) is 12.5 Å². The lowest BCUT2D eigenvalue weighted by molar-refractivity contribution is 0.223. The van der Waals surface area contributed by atoms with Crippen molar-refractivity contribution in [3.63, 3.8) is 0 Å². The van der Waals surface area contributed by atoms with E-state index in [1.54, 1.807) is 7.11 Å². The zero-order valence-corrected chi connectivity index (χ0v) is 11.5. The molecule has 0 radical (unpaired) electrons. The van der Waals surface area contributed by atoms with Gasteiger partial charge in [0.2, 0.25) is 0 Å². The first kappa shape index (κ1) is 12.9. The normalized spacial score (nSPS) is 28.9. The minimum Gasteiger partial charge on any atom is -0.497 e. The maximum Gasteiger partial charge on any atom is 0.121 e. The molecule has 104 valence electrons. The van der Waals surface area contributed by atoms with Gasteiger partial charge in [-0.1, -0.05) is 25.0 Å².